The van der Waals surface area contributed by atoms with Crippen LogP contribution in [0.4, 0.5) is 103 Å². The summed E-state index contributed by atoms with van der Waals surface area (Å²) in [6.07, 6.45) is 4.49. The maximum atomic E-state index is 6.52. The van der Waals surface area contributed by atoms with E-state index >= 15 is 0 Å². The van der Waals surface area contributed by atoms with Gasteiger partial charge in [-0.25, -0.2) is 15.0 Å². The summed E-state index contributed by atoms with van der Waals surface area (Å²) in [5, 5.41) is 5.55. The molecule has 9 heterocycles. The molecule has 0 fully saturated rings. The lowest BCUT2D eigenvalue weighted by Gasteiger charge is -2.47. The Labute approximate surface area is 638 Å². The summed E-state index contributed by atoms with van der Waals surface area (Å²) in [6.45, 7) is 29.0. The van der Waals surface area contributed by atoms with E-state index < -0.39 is 16.1 Å². The fraction of sp³-hybridized carbons (Fsp3) is 0.211. The summed E-state index contributed by atoms with van der Waals surface area (Å²) in [7, 11) is -4.46. The van der Waals surface area contributed by atoms with Crippen molar-refractivity contribution in [3.05, 3.63) is 283 Å². The molecule has 13 aromatic rings. The highest BCUT2D eigenvalue weighted by Crippen LogP contribution is 2.55. The third-order valence-corrected chi connectivity index (χ3v) is 33.6. The fourth-order valence-corrected chi connectivity index (χ4v) is 26.6. The molecule has 0 amide bonds. The van der Waals surface area contributed by atoms with Crippen LogP contribution in [0, 0.1) is 0 Å². The van der Waals surface area contributed by atoms with Crippen LogP contribution in [0.25, 0.3) is 0 Å². The van der Waals surface area contributed by atoms with Gasteiger partial charge in [0.25, 0.3) is 13.4 Å². The number of nitrogens with zero attached hydrogens (tertiary/aromatic N) is 9. The Bertz CT molecular complexity index is 5550. The molecule has 0 atom stereocenters. The SMILES string of the molecule is CC1(C)CCC(C)(C)c2cc(N3c4ccccc4B4c5cc6c(nc5N(c5ccccc5)c5nc(N7c8ccccc8[Si](C)(C)c8ccccc87)cc3c54)N(c3ccccc3)c3nc(N4c5ccccc5[Si](C)(C)c5ccccc54)cc4c3B6c3ccccc3N4c3ccc4c(c3)C(C)(C)CCC4(C)C)ccc21. The molecule has 3 aromatic heterocycles. The minimum absolute atomic E-state index is 0.0302. The van der Waals surface area contributed by atoms with Gasteiger partial charge >= 0.3 is 0 Å². The molecule has 6 aliphatic heterocycles. The van der Waals surface area contributed by atoms with Crippen molar-refractivity contribution in [2.75, 3.05) is 29.4 Å². The number of pyridine rings is 3. The molecule has 8 aliphatic rings. The summed E-state index contributed by atoms with van der Waals surface area (Å²) in [6, 6.07) is 99.5. The Balaban J connectivity index is 0.875. The van der Waals surface area contributed by atoms with E-state index in [-0.39, 0.29) is 35.1 Å². The van der Waals surface area contributed by atoms with Gasteiger partial charge in [-0.1, -0.05) is 245 Å². The summed E-state index contributed by atoms with van der Waals surface area (Å²) in [5.74, 6) is 5.07. The Kier molecular flexibility index (Phi) is 13.8. The molecule has 0 saturated carbocycles. The molecule has 0 bridgehead atoms. The van der Waals surface area contributed by atoms with Gasteiger partial charge < -0.3 is 9.80 Å². The minimum atomic E-state index is -2.23. The van der Waals surface area contributed by atoms with Gasteiger partial charge in [0.15, 0.2) is 0 Å². The average Bonchev–Trinajstić information content (AvgIpc) is 0.680. The Morgan fingerprint density at radius 1 is 0.259 bits per heavy atom. The summed E-state index contributed by atoms with van der Waals surface area (Å²) < 4.78 is 0. The largest absolute Gasteiger partial charge is 0.311 e. The van der Waals surface area contributed by atoms with E-state index in [1.807, 2.05) is 0 Å². The van der Waals surface area contributed by atoms with Crippen molar-refractivity contribution in [2.24, 2.45) is 0 Å². The number of hydrogen-bond donors (Lipinski definition) is 0. The highest BCUT2D eigenvalue weighted by molar-refractivity contribution is 7.04. The molecule has 0 unspecified atom stereocenters. The zero-order chi connectivity index (χ0) is 73.4. The van der Waals surface area contributed by atoms with Crippen LogP contribution in [-0.4, -0.2) is 44.5 Å². The molecule has 0 saturated heterocycles. The van der Waals surface area contributed by atoms with Crippen molar-refractivity contribution >= 4 is 186 Å². The van der Waals surface area contributed by atoms with Crippen LogP contribution in [0.1, 0.15) is 103 Å². The van der Waals surface area contributed by atoms with Gasteiger partial charge in [-0.15, -0.1) is 0 Å². The second kappa shape index (κ2) is 22.8. The first-order valence-electron chi connectivity index (χ1n) is 39.0. The highest BCUT2D eigenvalue weighted by Gasteiger charge is 2.53. The standard InChI is InChI=1S/C95H87B2N9Si2/c1-92(2)51-53-94(5,6)66-55-62(47-49-64(66)92)101-72-37-21-19-35-68(72)96-70-57-71-89(100-88(70)103(60-31-15-13-16-32-60)90-86(96)78(101)58-84(98-90)105-74-39-23-27-43-80(74)107(9,10)81-44-28-24-40-75(81)105)104(61-33-17-14-18-34-61)91-87-79(59-85(99-91)106-76-41-25-29-45-82(76)108(11,12)83-46-30-26-42-77(83)106)102(73-38-22-20-36-69(73)97(71)87)63-48-50-65-67(56-63)95(7,8)54-52-93(65,3)4/h13-50,55-59H,51-54H2,1-12H3. The molecule has 0 spiro atoms. The molecule has 526 valence electrons. The van der Waals surface area contributed by atoms with Gasteiger partial charge in [-0.05, 0) is 208 Å². The van der Waals surface area contributed by atoms with E-state index in [1.54, 1.807) is 0 Å². The van der Waals surface area contributed by atoms with E-state index in [9.17, 15) is 0 Å². The molecule has 21 rings (SSSR count). The Morgan fingerprint density at radius 3 is 0.935 bits per heavy atom. The van der Waals surface area contributed by atoms with Crippen LogP contribution in [0.2, 0.25) is 26.2 Å². The van der Waals surface area contributed by atoms with Crippen molar-refractivity contribution < 1.29 is 0 Å². The maximum absolute atomic E-state index is 6.52. The van der Waals surface area contributed by atoms with E-state index in [0.29, 0.717) is 0 Å². The van der Waals surface area contributed by atoms with Crippen molar-refractivity contribution in [1.29, 1.82) is 0 Å². The topological polar surface area (TPSA) is 58.1 Å². The molecule has 0 radical (unpaired) electrons. The Hall–Kier alpha value is -11.0. The maximum Gasteiger partial charge on any atom is 0.256 e. The zero-order valence-corrected chi connectivity index (χ0v) is 65.8. The molecule has 10 aromatic carbocycles. The number of benzene rings is 10. The zero-order valence-electron chi connectivity index (χ0n) is 63.8. The van der Waals surface area contributed by atoms with Crippen molar-refractivity contribution in [1.82, 2.24) is 15.0 Å². The quantitative estimate of drug-likeness (QED) is 0.152. The lowest BCUT2D eigenvalue weighted by Crippen LogP contribution is -2.66. The number of anilines is 18. The van der Waals surface area contributed by atoms with Crippen molar-refractivity contribution in [3.8, 4) is 0 Å². The lowest BCUT2D eigenvalue weighted by molar-refractivity contribution is 0.332. The minimum Gasteiger partial charge on any atom is -0.311 e. The molecule has 13 heteroatoms. The smallest absolute Gasteiger partial charge is 0.256 e. The Morgan fingerprint density at radius 2 is 0.574 bits per heavy atom. The second-order valence-electron chi connectivity index (χ2n) is 35.3. The van der Waals surface area contributed by atoms with Gasteiger partial charge in [-0.3, -0.25) is 19.6 Å². The highest BCUT2D eigenvalue weighted by atomic mass is 28.3. The third-order valence-electron chi connectivity index (χ3n) is 26.5. The number of para-hydroxylation sites is 8. The van der Waals surface area contributed by atoms with Gasteiger partial charge in [0.05, 0.1) is 0 Å². The monoisotopic (exact) mass is 1430 g/mol. The number of rotatable bonds is 6. The molecular formula is C95H87B2N9Si2. The lowest BCUT2D eigenvalue weighted by atomic mass is 9.31. The van der Waals surface area contributed by atoms with Crippen LogP contribution in [-0.2, 0) is 21.7 Å². The first kappa shape index (κ1) is 65.3. The summed E-state index contributed by atoms with van der Waals surface area (Å²) >= 11 is 0. The number of hydrogen-bond acceptors (Lipinski definition) is 9. The predicted molar refractivity (Wildman–Crippen MR) is 461 cm³/mol. The van der Waals surface area contributed by atoms with Crippen LogP contribution < -0.4 is 82.9 Å². The molecular weight excluding hydrogens is 1340 g/mol. The van der Waals surface area contributed by atoms with Gasteiger partial charge in [0, 0.05) is 80.4 Å². The van der Waals surface area contributed by atoms with Crippen LogP contribution in [0.3, 0.4) is 0 Å². The summed E-state index contributed by atoms with van der Waals surface area (Å²) in [5.41, 5.74) is 26.1. The van der Waals surface area contributed by atoms with Gasteiger partial charge in [0.1, 0.15) is 51.1 Å². The molecule has 9 nitrogen and oxygen atoms in total. The first-order valence-corrected chi connectivity index (χ1v) is 45.0. The molecule has 108 heavy (non-hydrogen) atoms. The van der Waals surface area contributed by atoms with Crippen LogP contribution in [0.5, 0.6) is 0 Å². The molecule has 0 N–H and O–H groups in total. The number of fused-ring (bicyclic) bond motifs is 14. The predicted octanol–water partition coefficient (Wildman–Crippen LogP) is 17.9. The van der Waals surface area contributed by atoms with E-state index in [4.69, 9.17) is 15.0 Å². The van der Waals surface area contributed by atoms with Crippen LogP contribution in [0.15, 0.2) is 261 Å². The van der Waals surface area contributed by atoms with Gasteiger partial charge in [0.2, 0.25) is 0 Å². The fourth-order valence-electron chi connectivity index (χ4n) is 20.6. The summed E-state index contributed by atoms with van der Waals surface area (Å²) in [4.78, 5) is 34.2. The normalized spacial score (nSPS) is 18.0. The van der Waals surface area contributed by atoms with Crippen molar-refractivity contribution in [3.63, 3.8) is 0 Å². The molecule has 2 aliphatic carbocycles. The third kappa shape index (κ3) is 9.15. The van der Waals surface area contributed by atoms with E-state index in [0.717, 1.165) is 128 Å². The van der Waals surface area contributed by atoms with Crippen LogP contribution >= 0.6 is 0 Å². The van der Waals surface area contributed by atoms with Crippen molar-refractivity contribution in [2.45, 2.75) is 129 Å². The second-order valence-corrected chi connectivity index (χ2v) is 43.9. The van der Waals surface area contributed by atoms with E-state index in [1.165, 1.54) is 76.7 Å². The average molecular weight is 1430 g/mol. The number of aromatic nitrogens is 3. The van der Waals surface area contributed by atoms with Gasteiger partial charge in [-0.2, -0.15) is 0 Å². The van der Waals surface area contributed by atoms with E-state index in [2.05, 4.69) is 372 Å². The first-order chi connectivity index (χ1) is 52.1.